The van der Waals surface area contributed by atoms with Crippen molar-refractivity contribution in [3.8, 4) is 17.6 Å². The number of nitriles is 1. The molecule has 20 heavy (non-hydrogen) atoms. The molecule has 0 spiro atoms. The predicted octanol–water partition coefficient (Wildman–Crippen LogP) is 3.53. The number of phenolic OH excluding ortho intramolecular Hbond substituents is 1. The van der Waals surface area contributed by atoms with Crippen molar-refractivity contribution in [3.63, 3.8) is 0 Å². The molecule has 0 amide bonds. The second-order valence-electron chi connectivity index (χ2n) is 4.30. The lowest BCUT2D eigenvalue weighted by molar-refractivity contribution is 0.411. The summed E-state index contributed by atoms with van der Waals surface area (Å²) in [5, 5.41) is 18.8. The van der Waals surface area contributed by atoms with Crippen molar-refractivity contribution in [2.75, 3.05) is 7.11 Å². The summed E-state index contributed by atoms with van der Waals surface area (Å²) in [7, 11) is 1.59. The zero-order valence-corrected chi connectivity index (χ0v) is 11.2. The third-order valence-corrected chi connectivity index (χ3v) is 3.00. The zero-order chi connectivity index (χ0) is 14.4. The fourth-order valence-electron chi connectivity index (χ4n) is 1.91. The summed E-state index contributed by atoms with van der Waals surface area (Å²) in [6, 6.07) is 14.7. The molecule has 0 saturated heterocycles. The minimum Gasteiger partial charge on any atom is -0.508 e. The van der Waals surface area contributed by atoms with Crippen LogP contribution in [0.1, 0.15) is 16.7 Å². The lowest BCUT2D eigenvalue weighted by Crippen LogP contribution is -1.87. The first-order chi connectivity index (χ1) is 9.74. The molecule has 0 fully saturated rings. The van der Waals surface area contributed by atoms with Gasteiger partial charge < -0.3 is 9.84 Å². The fourth-order valence-corrected chi connectivity index (χ4v) is 1.91. The average Bonchev–Trinajstić information content (AvgIpc) is 2.49. The average molecular weight is 265 g/mol. The molecule has 100 valence electrons. The van der Waals surface area contributed by atoms with Gasteiger partial charge in [0.2, 0.25) is 0 Å². The van der Waals surface area contributed by atoms with Gasteiger partial charge in [-0.05, 0) is 36.2 Å². The van der Waals surface area contributed by atoms with Crippen LogP contribution in [-0.4, -0.2) is 12.2 Å². The van der Waals surface area contributed by atoms with Crippen LogP contribution in [0.5, 0.6) is 11.5 Å². The van der Waals surface area contributed by atoms with E-state index in [0.717, 1.165) is 11.1 Å². The third-order valence-electron chi connectivity index (χ3n) is 3.00. The first-order valence-corrected chi connectivity index (χ1v) is 6.26. The number of hydrogen-bond donors (Lipinski definition) is 1. The van der Waals surface area contributed by atoms with E-state index in [1.54, 1.807) is 31.4 Å². The third kappa shape index (κ3) is 3.18. The molecular formula is C17H15NO2. The van der Waals surface area contributed by atoms with Crippen molar-refractivity contribution in [1.29, 1.82) is 5.26 Å². The quantitative estimate of drug-likeness (QED) is 0.920. The number of phenols is 1. The Labute approximate surface area is 118 Å². The van der Waals surface area contributed by atoms with Gasteiger partial charge in [0, 0.05) is 5.56 Å². The van der Waals surface area contributed by atoms with Gasteiger partial charge in [-0.3, -0.25) is 0 Å². The summed E-state index contributed by atoms with van der Waals surface area (Å²) < 4.78 is 5.13. The van der Waals surface area contributed by atoms with Crippen molar-refractivity contribution in [2.24, 2.45) is 0 Å². The molecule has 0 bridgehead atoms. The summed E-state index contributed by atoms with van der Waals surface area (Å²) in [5.74, 6) is 0.952. The summed E-state index contributed by atoms with van der Waals surface area (Å²) in [6.07, 6.45) is 4.38. The Morgan fingerprint density at radius 3 is 2.80 bits per heavy atom. The molecule has 0 aliphatic heterocycles. The highest BCUT2D eigenvalue weighted by atomic mass is 16.5. The number of hydrogen-bond acceptors (Lipinski definition) is 3. The standard InChI is InChI=1S/C17H15NO2/c1-20-16-9-10-17(19)14(11-16)8-4-7-13-5-2-3-6-15(13)12-18/h2-7,9-11,19H,8H2,1H3/b7-4+. The minimum absolute atomic E-state index is 0.240. The molecule has 0 unspecified atom stereocenters. The van der Waals surface area contributed by atoms with E-state index in [0.29, 0.717) is 17.7 Å². The van der Waals surface area contributed by atoms with E-state index in [9.17, 15) is 5.11 Å². The molecule has 0 atom stereocenters. The van der Waals surface area contributed by atoms with Crippen molar-refractivity contribution in [2.45, 2.75) is 6.42 Å². The van der Waals surface area contributed by atoms with Gasteiger partial charge in [0.1, 0.15) is 11.5 Å². The van der Waals surface area contributed by atoms with Gasteiger partial charge in [-0.1, -0.05) is 30.4 Å². The Bertz CT molecular complexity index is 669. The molecule has 0 aliphatic carbocycles. The van der Waals surface area contributed by atoms with Gasteiger partial charge in [-0.25, -0.2) is 0 Å². The largest absolute Gasteiger partial charge is 0.508 e. The normalized spacial score (nSPS) is 10.4. The van der Waals surface area contributed by atoms with Crippen LogP contribution >= 0.6 is 0 Å². The zero-order valence-electron chi connectivity index (χ0n) is 11.2. The van der Waals surface area contributed by atoms with Crippen molar-refractivity contribution in [3.05, 3.63) is 65.2 Å². The number of ether oxygens (including phenoxy) is 1. The molecule has 1 N–H and O–H groups in total. The summed E-state index contributed by atoms with van der Waals surface area (Å²) in [4.78, 5) is 0. The van der Waals surface area contributed by atoms with Crippen LogP contribution in [0.2, 0.25) is 0 Å². The molecule has 2 rings (SSSR count). The van der Waals surface area contributed by atoms with Gasteiger partial charge in [-0.15, -0.1) is 0 Å². The lowest BCUT2D eigenvalue weighted by Gasteiger charge is -2.05. The Morgan fingerprint density at radius 1 is 1.25 bits per heavy atom. The number of rotatable bonds is 4. The maximum atomic E-state index is 9.79. The number of methoxy groups -OCH3 is 1. The van der Waals surface area contributed by atoms with Crippen LogP contribution in [0.3, 0.4) is 0 Å². The maximum absolute atomic E-state index is 9.79. The Morgan fingerprint density at radius 2 is 2.05 bits per heavy atom. The maximum Gasteiger partial charge on any atom is 0.119 e. The highest BCUT2D eigenvalue weighted by molar-refractivity contribution is 5.58. The van der Waals surface area contributed by atoms with E-state index in [2.05, 4.69) is 6.07 Å². The van der Waals surface area contributed by atoms with Crippen LogP contribution in [-0.2, 0) is 6.42 Å². The van der Waals surface area contributed by atoms with Crippen LogP contribution < -0.4 is 4.74 Å². The lowest BCUT2D eigenvalue weighted by atomic mass is 10.1. The Kier molecular flexibility index (Phi) is 4.41. The smallest absolute Gasteiger partial charge is 0.119 e. The summed E-state index contributed by atoms with van der Waals surface area (Å²) >= 11 is 0. The Balaban J connectivity index is 2.16. The molecule has 2 aromatic rings. The van der Waals surface area contributed by atoms with Crippen LogP contribution in [0.25, 0.3) is 6.08 Å². The second-order valence-corrected chi connectivity index (χ2v) is 4.30. The minimum atomic E-state index is 0.240. The molecule has 2 aromatic carbocycles. The number of benzene rings is 2. The van der Waals surface area contributed by atoms with E-state index in [1.807, 2.05) is 30.4 Å². The van der Waals surface area contributed by atoms with Crippen molar-refractivity contribution in [1.82, 2.24) is 0 Å². The number of aromatic hydroxyl groups is 1. The van der Waals surface area contributed by atoms with Gasteiger partial charge in [-0.2, -0.15) is 5.26 Å². The van der Waals surface area contributed by atoms with Gasteiger partial charge in [0.15, 0.2) is 0 Å². The molecule has 0 saturated carbocycles. The van der Waals surface area contributed by atoms with E-state index in [4.69, 9.17) is 10.00 Å². The van der Waals surface area contributed by atoms with E-state index in [-0.39, 0.29) is 5.75 Å². The van der Waals surface area contributed by atoms with E-state index >= 15 is 0 Å². The van der Waals surface area contributed by atoms with Gasteiger partial charge in [0.25, 0.3) is 0 Å². The molecule has 3 nitrogen and oxygen atoms in total. The molecule has 3 heteroatoms. The molecule has 0 heterocycles. The first kappa shape index (κ1) is 13.7. The molecule has 0 radical (unpaired) electrons. The van der Waals surface area contributed by atoms with Gasteiger partial charge in [0.05, 0.1) is 18.7 Å². The fraction of sp³-hybridized carbons (Fsp3) is 0.118. The molecule has 0 aliphatic rings. The summed E-state index contributed by atoms with van der Waals surface area (Å²) in [6.45, 7) is 0. The molecular weight excluding hydrogens is 250 g/mol. The molecule has 0 aromatic heterocycles. The number of allylic oxidation sites excluding steroid dienone is 1. The summed E-state index contributed by atoms with van der Waals surface area (Å²) in [5.41, 5.74) is 2.30. The van der Waals surface area contributed by atoms with Crippen LogP contribution in [0.4, 0.5) is 0 Å². The van der Waals surface area contributed by atoms with Crippen molar-refractivity contribution < 1.29 is 9.84 Å². The monoisotopic (exact) mass is 265 g/mol. The Hall–Kier alpha value is -2.73. The highest BCUT2D eigenvalue weighted by Gasteiger charge is 2.02. The highest BCUT2D eigenvalue weighted by Crippen LogP contribution is 2.23. The first-order valence-electron chi connectivity index (χ1n) is 6.26. The van der Waals surface area contributed by atoms with Crippen LogP contribution in [0.15, 0.2) is 48.5 Å². The van der Waals surface area contributed by atoms with E-state index < -0.39 is 0 Å². The van der Waals surface area contributed by atoms with E-state index in [1.165, 1.54) is 0 Å². The van der Waals surface area contributed by atoms with Gasteiger partial charge >= 0.3 is 0 Å². The SMILES string of the molecule is COc1ccc(O)c(C/C=C/c2ccccc2C#N)c1. The van der Waals surface area contributed by atoms with Crippen LogP contribution in [0, 0.1) is 11.3 Å². The predicted molar refractivity (Wildman–Crippen MR) is 78.6 cm³/mol. The second kappa shape index (κ2) is 6.44. The number of nitrogens with zero attached hydrogens (tertiary/aromatic N) is 1. The van der Waals surface area contributed by atoms with Crippen molar-refractivity contribution >= 4 is 6.08 Å². The topological polar surface area (TPSA) is 53.2 Å².